The zero-order valence-electron chi connectivity index (χ0n) is 16.2. The summed E-state index contributed by atoms with van der Waals surface area (Å²) < 4.78 is 5.45. The first kappa shape index (κ1) is 21.5. The summed E-state index contributed by atoms with van der Waals surface area (Å²) in [6.45, 7) is 4.74. The number of carboxylic acids is 1. The minimum Gasteiger partial charge on any atom is -0.481 e. The van der Waals surface area contributed by atoms with Crippen molar-refractivity contribution in [2.75, 3.05) is 23.8 Å². The Morgan fingerprint density at radius 1 is 1.11 bits per heavy atom. The van der Waals surface area contributed by atoms with Crippen LogP contribution in [0, 0.1) is 0 Å². The molecule has 1 atom stereocenters. The fraction of sp³-hybridized carbons (Fsp3) is 0.526. The molecule has 0 saturated carbocycles. The number of rotatable bonds is 8. The summed E-state index contributed by atoms with van der Waals surface area (Å²) in [7, 11) is 0. The second kappa shape index (κ2) is 9.93. The van der Waals surface area contributed by atoms with E-state index in [1.54, 1.807) is 38.1 Å². The van der Waals surface area contributed by atoms with Gasteiger partial charge in [-0.2, -0.15) is 0 Å². The van der Waals surface area contributed by atoms with E-state index in [-0.39, 0.29) is 18.6 Å². The highest BCUT2D eigenvalue weighted by molar-refractivity contribution is 5.91. The van der Waals surface area contributed by atoms with Gasteiger partial charge in [0.1, 0.15) is 0 Å². The summed E-state index contributed by atoms with van der Waals surface area (Å²) >= 11 is 0. The monoisotopic (exact) mass is 392 g/mol. The van der Waals surface area contributed by atoms with Gasteiger partial charge in [0.15, 0.2) is 0 Å². The van der Waals surface area contributed by atoms with E-state index in [2.05, 4.69) is 21.3 Å². The van der Waals surface area contributed by atoms with Gasteiger partial charge in [0.2, 0.25) is 0 Å². The van der Waals surface area contributed by atoms with Gasteiger partial charge in [-0.15, -0.1) is 0 Å². The predicted octanol–water partition coefficient (Wildman–Crippen LogP) is 2.75. The minimum atomic E-state index is -0.904. The fourth-order valence-corrected chi connectivity index (χ4v) is 2.78. The highest BCUT2D eigenvalue weighted by Crippen LogP contribution is 2.15. The molecule has 1 heterocycles. The van der Waals surface area contributed by atoms with E-state index in [4.69, 9.17) is 9.84 Å². The Kier molecular flexibility index (Phi) is 7.62. The van der Waals surface area contributed by atoms with Gasteiger partial charge in [0.25, 0.3) is 0 Å². The number of carboxylic acid groups (broad SMARTS) is 1. The van der Waals surface area contributed by atoms with E-state index in [9.17, 15) is 14.4 Å². The molecule has 9 nitrogen and oxygen atoms in total. The smallest absolute Gasteiger partial charge is 0.319 e. The molecule has 0 aromatic heterocycles. The third-order valence-corrected chi connectivity index (χ3v) is 4.33. The number of ether oxygens (including phenoxy) is 1. The molecule has 0 bridgehead atoms. The number of hydrogen-bond donors (Lipinski definition) is 5. The summed E-state index contributed by atoms with van der Waals surface area (Å²) in [5, 5.41) is 19.7. The molecule has 1 fully saturated rings. The molecule has 1 aromatic rings. The van der Waals surface area contributed by atoms with Crippen molar-refractivity contribution in [3.05, 3.63) is 24.3 Å². The van der Waals surface area contributed by atoms with E-state index >= 15 is 0 Å². The standard InChI is InChI=1S/C19H28N4O5/c1-19(2,10-9-16(24)25)23-18(27)22-14-7-5-13(6-8-14)21-17(26)20-12-15-4-3-11-28-15/h5-8,15H,3-4,9-12H2,1-2H3,(H,24,25)(H2,20,21,26)(H2,22,23,27). The first-order chi connectivity index (χ1) is 13.2. The number of urea groups is 2. The Morgan fingerprint density at radius 3 is 2.25 bits per heavy atom. The van der Waals surface area contributed by atoms with Crippen molar-refractivity contribution in [2.45, 2.75) is 51.2 Å². The van der Waals surface area contributed by atoms with Crippen LogP contribution in [0.1, 0.15) is 39.5 Å². The van der Waals surface area contributed by atoms with E-state index in [0.29, 0.717) is 24.3 Å². The van der Waals surface area contributed by atoms with Crippen molar-refractivity contribution >= 4 is 29.4 Å². The van der Waals surface area contributed by atoms with Crippen molar-refractivity contribution in [3.8, 4) is 0 Å². The Morgan fingerprint density at radius 2 is 1.71 bits per heavy atom. The van der Waals surface area contributed by atoms with E-state index < -0.39 is 17.5 Å². The average Bonchev–Trinajstić information content (AvgIpc) is 3.13. The number of amides is 4. The Balaban J connectivity index is 1.75. The van der Waals surface area contributed by atoms with Crippen LogP contribution in [0.5, 0.6) is 0 Å². The SMILES string of the molecule is CC(C)(CCC(=O)O)NC(=O)Nc1ccc(NC(=O)NCC2CCCO2)cc1. The van der Waals surface area contributed by atoms with Crippen LogP contribution in [0.25, 0.3) is 0 Å². The highest BCUT2D eigenvalue weighted by atomic mass is 16.5. The molecule has 1 saturated heterocycles. The van der Waals surface area contributed by atoms with Crippen LogP contribution in [-0.2, 0) is 9.53 Å². The van der Waals surface area contributed by atoms with Crippen molar-refractivity contribution in [1.29, 1.82) is 0 Å². The summed E-state index contributed by atoms with van der Waals surface area (Å²) in [5.74, 6) is -0.904. The molecule has 0 radical (unpaired) electrons. The second-order valence-corrected chi connectivity index (χ2v) is 7.40. The van der Waals surface area contributed by atoms with Gasteiger partial charge in [-0.3, -0.25) is 4.79 Å². The van der Waals surface area contributed by atoms with Crippen molar-refractivity contribution in [1.82, 2.24) is 10.6 Å². The molecule has 4 amide bonds. The number of carbonyl (C=O) groups excluding carboxylic acids is 2. The topological polar surface area (TPSA) is 129 Å². The lowest BCUT2D eigenvalue weighted by Crippen LogP contribution is -2.45. The largest absolute Gasteiger partial charge is 0.481 e. The maximum Gasteiger partial charge on any atom is 0.319 e. The molecule has 28 heavy (non-hydrogen) atoms. The summed E-state index contributed by atoms with van der Waals surface area (Å²) in [5.41, 5.74) is 0.500. The summed E-state index contributed by atoms with van der Waals surface area (Å²) in [4.78, 5) is 34.7. The lowest BCUT2D eigenvalue weighted by Gasteiger charge is -2.25. The lowest BCUT2D eigenvalue weighted by molar-refractivity contribution is -0.137. The van der Waals surface area contributed by atoms with Crippen LogP contribution in [-0.4, -0.2) is 47.9 Å². The Hall–Kier alpha value is -2.81. The normalized spacial score (nSPS) is 16.3. The minimum absolute atomic E-state index is 0.0252. The number of anilines is 2. The second-order valence-electron chi connectivity index (χ2n) is 7.40. The van der Waals surface area contributed by atoms with Gasteiger partial charge in [0.05, 0.1) is 6.10 Å². The number of hydrogen-bond acceptors (Lipinski definition) is 4. The van der Waals surface area contributed by atoms with Crippen LogP contribution in [0.2, 0.25) is 0 Å². The van der Waals surface area contributed by atoms with Crippen molar-refractivity contribution in [3.63, 3.8) is 0 Å². The molecular weight excluding hydrogens is 364 g/mol. The zero-order chi connectivity index (χ0) is 20.6. The number of benzene rings is 1. The van der Waals surface area contributed by atoms with Crippen molar-refractivity contribution in [2.24, 2.45) is 0 Å². The van der Waals surface area contributed by atoms with Gasteiger partial charge in [-0.1, -0.05) is 0 Å². The van der Waals surface area contributed by atoms with Gasteiger partial charge >= 0.3 is 18.0 Å². The van der Waals surface area contributed by atoms with Crippen LogP contribution < -0.4 is 21.3 Å². The van der Waals surface area contributed by atoms with E-state index in [0.717, 1.165) is 19.4 Å². The lowest BCUT2D eigenvalue weighted by atomic mass is 9.99. The molecule has 9 heteroatoms. The summed E-state index contributed by atoms with van der Waals surface area (Å²) in [6, 6.07) is 5.95. The number of aliphatic carboxylic acids is 1. The summed E-state index contributed by atoms with van der Waals surface area (Å²) in [6.07, 6.45) is 2.35. The molecule has 0 aliphatic carbocycles. The Bertz CT molecular complexity index is 684. The molecule has 1 aromatic carbocycles. The van der Waals surface area contributed by atoms with E-state index in [1.807, 2.05) is 0 Å². The first-order valence-corrected chi connectivity index (χ1v) is 9.31. The van der Waals surface area contributed by atoms with Gasteiger partial charge < -0.3 is 31.1 Å². The highest BCUT2D eigenvalue weighted by Gasteiger charge is 2.21. The molecular formula is C19H28N4O5. The number of nitrogens with one attached hydrogen (secondary N) is 4. The Labute approximate surface area is 164 Å². The third-order valence-electron chi connectivity index (χ3n) is 4.33. The zero-order valence-corrected chi connectivity index (χ0v) is 16.2. The number of carbonyl (C=O) groups is 3. The maximum atomic E-state index is 12.1. The molecule has 0 spiro atoms. The van der Waals surface area contributed by atoms with Gasteiger partial charge in [-0.05, 0) is 57.4 Å². The molecule has 154 valence electrons. The molecule has 1 aliphatic heterocycles. The maximum absolute atomic E-state index is 12.1. The van der Waals surface area contributed by atoms with Crippen molar-refractivity contribution < 1.29 is 24.2 Å². The van der Waals surface area contributed by atoms with Crippen LogP contribution in [0.4, 0.5) is 21.0 Å². The fourth-order valence-electron chi connectivity index (χ4n) is 2.78. The quantitative estimate of drug-likeness (QED) is 0.465. The molecule has 2 rings (SSSR count). The van der Waals surface area contributed by atoms with Gasteiger partial charge in [0, 0.05) is 36.5 Å². The third kappa shape index (κ3) is 7.83. The van der Waals surface area contributed by atoms with Gasteiger partial charge in [-0.25, -0.2) is 9.59 Å². The predicted molar refractivity (Wildman–Crippen MR) is 106 cm³/mol. The van der Waals surface area contributed by atoms with Crippen LogP contribution >= 0.6 is 0 Å². The van der Waals surface area contributed by atoms with Crippen LogP contribution in [0.15, 0.2) is 24.3 Å². The molecule has 1 aliphatic rings. The average molecular weight is 392 g/mol. The molecule has 1 unspecified atom stereocenters. The van der Waals surface area contributed by atoms with Crippen LogP contribution in [0.3, 0.4) is 0 Å². The molecule has 5 N–H and O–H groups in total. The first-order valence-electron chi connectivity index (χ1n) is 9.31. The van der Waals surface area contributed by atoms with E-state index in [1.165, 1.54) is 0 Å².